The number of hydrogen-bond acceptors (Lipinski definition) is 5. The van der Waals surface area contributed by atoms with Crippen LogP contribution in [0.25, 0.3) is 0 Å². The molecule has 0 bridgehead atoms. The quantitative estimate of drug-likeness (QED) is 0.667. The van der Waals surface area contributed by atoms with Crippen LogP contribution in [0, 0.1) is 5.92 Å². The molecule has 0 atom stereocenters. The SMILES string of the molecule is COc1cc(OC)c(CCNC(=O)CNCC2CC2)c(OC)c1.Cl. The number of carbonyl (C=O) groups is 1. The van der Waals surface area contributed by atoms with Gasteiger partial charge in [0.2, 0.25) is 5.91 Å². The molecular formula is C17H27ClN2O4. The van der Waals surface area contributed by atoms with Crippen LogP contribution in [0.3, 0.4) is 0 Å². The Morgan fingerprint density at radius 2 is 1.75 bits per heavy atom. The number of amides is 1. The van der Waals surface area contributed by atoms with Gasteiger partial charge in [-0.25, -0.2) is 0 Å². The Labute approximate surface area is 149 Å². The monoisotopic (exact) mass is 358 g/mol. The van der Waals surface area contributed by atoms with E-state index in [1.54, 1.807) is 21.3 Å². The summed E-state index contributed by atoms with van der Waals surface area (Å²) in [4.78, 5) is 11.8. The van der Waals surface area contributed by atoms with Crippen LogP contribution >= 0.6 is 12.4 Å². The highest BCUT2D eigenvalue weighted by molar-refractivity contribution is 5.85. The molecule has 136 valence electrons. The molecule has 1 aromatic rings. The van der Waals surface area contributed by atoms with Crippen molar-refractivity contribution >= 4 is 18.3 Å². The highest BCUT2D eigenvalue weighted by Crippen LogP contribution is 2.34. The van der Waals surface area contributed by atoms with Crippen molar-refractivity contribution in [2.75, 3.05) is 41.0 Å². The van der Waals surface area contributed by atoms with Crippen molar-refractivity contribution in [2.45, 2.75) is 19.3 Å². The van der Waals surface area contributed by atoms with Crippen LogP contribution in [-0.2, 0) is 11.2 Å². The van der Waals surface area contributed by atoms with Gasteiger partial charge in [-0.1, -0.05) is 0 Å². The Morgan fingerprint density at radius 3 is 2.25 bits per heavy atom. The Bertz CT molecular complexity index is 510. The lowest BCUT2D eigenvalue weighted by molar-refractivity contribution is -0.120. The molecule has 1 aliphatic carbocycles. The van der Waals surface area contributed by atoms with Crippen molar-refractivity contribution in [1.29, 1.82) is 0 Å². The molecule has 1 amide bonds. The highest BCUT2D eigenvalue weighted by atomic mass is 35.5. The van der Waals surface area contributed by atoms with Crippen LogP contribution < -0.4 is 24.8 Å². The number of rotatable bonds is 10. The minimum absolute atomic E-state index is 0. The smallest absolute Gasteiger partial charge is 0.233 e. The first-order valence-corrected chi connectivity index (χ1v) is 7.94. The van der Waals surface area contributed by atoms with Crippen LogP contribution in [0.1, 0.15) is 18.4 Å². The van der Waals surface area contributed by atoms with Crippen molar-refractivity contribution in [3.63, 3.8) is 0 Å². The van der Waals surface area contributed by atoms with E-state index < -0.39 is 0 Å². The first kappa shape index (κ1) is 20.4. The number of ether oxygens (including phenoxy) is 3. The fourth-order valence-corrected chi connectivity index (χ4v) is 2.43. The summed E-state index contributed by atoms with van der Waals surface area (Å²) in [6.07, 6.45) is 3.20. The highest BCUT2D eigenvalue weighted by Gasteiger charge is 2.20. The van der Waals surface area contributed by atoms with Crippen molar-refractivity contribution in [2.24, 2.45) is 5.92 Å². The van der Waals surface area contributed by atoms with E-state index >= 15 is 0 Å². The third kappa shape index (κ3) is 6.09. The number of carbonyl (C=O) groups excluding carboxylic acids is 1. The van der Waals surface area contributed by atoms with Crippen molar-refractivity contribution in [3.8, 4) is 17.2 Å². The summed E-state index contributed by atoms with van der Waals surface area (Å²) in [5.41, 5.74) is 0.919. The Hall–Kier alpha value is -1.66. The maximum atomic E-state index is 11.8. The van der Waals surface area contributed by atoms with Gasteiger partial charge in [0.15, 0.2) is 0 Å². The van der Waals surface area contributed by atoms with Crippen LogP contribution in [0.5, 0.6) is 17.2 Å². The van der Waals surface area contributed by atoms with Gasteiger partial charge in [0.1, 0.15) is 17.2 Å². The summed E-state index contributed by atoms with van der Waals surface area (Å²) in [6.45, 7) is 1.84. The van der Waals surface area contributed by atoms with Gasteiger partial charge < -0.3 is 24.8 Å². The van der Waals surface area contributed by atoms with Gasteiger partial charge in [0.05, 0.1) is 27.9 Å². The molecule has 7 heteroatoms. The average Bonchev–Trinajstić information content (AvgIpc) is 3.38. The molecule has 24 heavy (non-hydrogen) atoms. The Balaban J connectivity index is 0.00000288. The fourth-order valence-electron chi connectivity index (χ4n) is 2.43. The van der Waals surface area contributed by atoms with Crippen LogP contribution in [0.2, 0.25) is 0 Å². The van der Waals surface area contributed by atoms with E-state index in [0.29, 0.717) is 36.8 Å². The molecule has 0 radical (unpaired) electrons. The van der Waals surface area contributed by atoms with E-state index in [0.717, 1.165) is 18.0 Å². The lowest BCUT2D eigenvalue weighted by atomic mass is 10.1. The second kappa shape index (κ2) is 10.3. The van der Waals surface area contributed by atoms with Gasteiger partial charge in [-0.3, -0.25) is 4.79 Å². The van der Waals surface area contributed by atoms with Crippen LogP contribution in [0.15, 0.2) is 12.1 Å². The standard InChI is InChI=1S/C17H26N2O4.ClH/c1-21-13-8-15(22-2)14(16(9-13)23-3)6-7-19-17(20)11-18-10-12-4-5-12;/h8-9,12,18H,4-7,10-11H2,1-3H3,(H,19,20);1H. The topological polar surface area (TPSA) is 68.8 Å². The second-order valence-electron chi connectivity index (χ2n) is 5.68. The minimum atomic E-state index is 0. The zero-order valence-electron chi connectivity index (χ0n) is 14.5. The lowest BCUT2D eigenvalue weighted by Gasteiger charge is -2.15. The predicted molar refractivity (Wildman–Crippen MR) is 95.7 cm³/mol. The van der Waals surface area contributed by atoms with Crippen molar-refractivity contribution in [1.82, 2.24) is 10.6 Å². The molecule has 1 saturated carbocycles. The maximum absolute atomic E-state index is 11.8. The van der Waals surface area contributed by atoms with Gasteiger partial charge in [0.25, 0.3) is 0 Å². The number of benzene rings is 1. The van der Waals surface area contributed by atoms with Crippen molar-refractivity contribution < 1.29 is 19.0 Å². The summed E-state index contributed by atoms with van der Waals surface area (Å²) in [6, 6.07) is 3.63. The number of methoxy groups -OCH3 is 3. The summed E-state index contributed by atoms with van der Waals surface area (Å²) in [7, 11) is 4.82. The second-order valence-corrected chi connectivity index (χ2v) is 5.68. The van der Waals surface area contributed by atoms with Gasteiger partial charge in [0, 0.05) is 24.2 Å². The van der Waals surface area contributed by atoms with E-state index in [1.807, 2.05) is 12.1 Å². The predicted octanol–water partition coefficient (Wildman–Crippen LogP) is 1.79. The van der Waals surface area contributed by atoms with Crippen LogP contribution in [-0.4, -0.2) is 46.9 Å². The molecule has 1 aliphatic rings. The van der Waals surface area contributed by atoms with E-state index in [4.69, 9.17) is 14.2 Å². The molecule has 0 aliphatic heterocycles. The third-order valence-corrected chi connectivity index (χ3v) is 3.93. The molecule has 2 rings (SSSR count). The van der Waals surface area contributed by atoms with Crippen LogP contribution in [0.4, 0.5) is 0 Å². The molecule has 6 nitrogen and oxygen atoms in total. The van der Waals surface area contributed by atoms with Gasteiger partial charge in [-0.2, -0.15) is 0 Å². The number of halogens is 1. The van der Waals surface area contributed by atoms with E-state index in [1.165, 1.54) is 12.8 Å². The molecule has 0 heterocycles. The zero-order chi connectivity index (χ0) is 16.7. The number of nitrogens with one attached hydrogen (secondary N) is 2. The van der Waals surface area contributed by atoms with E-state index in [2.05, 4.69) is 10.6 Å². The first-order chi connectivity index (χ1) is 11.2. The average molecular weight is 359 g/mol. The molecule has 2 N–H and O–H groups in total. The third-order valence-electron chi connectivity index (χ3n) is 3.93. The molecular weight excluding hydrogens is 332 g/mol. The Kier molecular flexibility index (Phi) is 8.71. The molecule has 1 fully saturated rings. The summed E-state index contributed by atoms with van der Waals surface area (Å²) >= 11 is 0. The first-order valence-electron chi connectivity index (χ1n) is 7.94. The van der Waals surface area contributed by atoms with Crippen molar-refractivity contribution in [3.05, 3.63) is 17.7 Å². The zero-order valence-corrected chi connectivity index (χ0v) is 15.3. The van der Waals surface area contributed by atoms with Gasteiger partial charge in [-0.05, 0) is 31.7 Å². The summed E-state index contributed by atoms with van der Waals surface area (Å²) in [5.74, 6) is 2.85. The largest absolute Gasteiger partial charge is 0.496 e. The Morgan fingerprint density at radius 1 is 1.12 bits per heavy atom. The molecule has 0 saturated heterocycles. The van der Waals surface area contributed by atoms with E-state index in [-0.39, 0.29) is 18.3 Å². The normalized spacial score (nSPS) is 13.0. The molecule has 0 aromatic heterocycles. The van der Waals surface area contributed by atoms with Gasteiger partial charge >= 0.3 is 0 Å². The summed E-state index contributed by atoms with van der Waals surface area (Å²) in [5, 5.41) is 6.09. The van der Waals surface area contributed by atoms with Gasteiger partial charge in [-0.15, -0.1) is 12.4 Å². The molecule has 0 unspecified atom stereocenters. The lowest BCUT2D eigenvalue weighted by Crippen LogP contribution is -2.35. The summed E-state index contributed by atoms with van der Waals surface area (Å²) < 4.78 is 16.0. The minimum Gasteiger partial charge on any atom is -0.496 e. The maximum Gasteiger partial charge on any atom is 0.233 e. The van der Waals surface area contributed by atoms with E-state index in [9.17, 15) is 4.79 Å². The molecule has 1 aromatic carbocycles. The molecule has 0 spiro atoms. The fraction of sp³-hybridized carbons (Fsp3) is 0.588. The number of hydrogen-bond donors (Lipinski definition) is 2.